The van der Waals surface area contributed by atoms with Gasteiger partial charge in [-0.1, -0.05) is 62.7 Å². The minimum Gasteiger partial charge on any atom is -0.480 e. The van der Waals surface area contributed by atoms with Crippen LogP contribution in [0.15, 0.2) is 48.5 Å². The molecule has 0 N–H and O–H groups in total. The second kappa shape index (κ2) is 12.0. The van der Waals surface area contributed by atoms with Gasteiger partial charge in [0.2, 0.25) is 0 Å². The Hall–Kier alpha value is -2.04. The van der Waals surface area contributed by atoms with E-state index in [1.54, 1.807) is 0 Å². The van der Waals surface area contributed by atoms with E-state index in [-0.39, 0.29) is 11.9 Å². The van der Waals surface area contributed by atoms with Crippen LogP contribution in [0.25, 0.3) is 0 Å². The van der Waals surface area contributed by atoms with Gasteiger partial charge in [-0.2, -0.15) is 0 Å². The summed E-state index contributed by atoms with van der Waals surface area (Å²) in [5.74, 6) is 0.725. The first-order chi connectivity index (χ1) is 14.4. The highest BCUT2D eigenvalue weighted by Gasteiger charge is 2.29. The molecule has 0 spiro atoms. The van der Waals surface area contributed by atoms with Crippen molar-refractivity contribution in [3.63, 3.8) is 0 Å². The molecule has 0 aromatic heterocycles. The van der Waals surface area contributed by atoms with E-state index in [0.29, 0.717) is 11.4 Å². The maximum atomic E-state index is 13.5. The average Bonchev–Trinajstić information content (AvgIpc) is 2.76. The monoisotopic (exact) mass is 430 g/mol. The zero-order valence-electron chi connectivity index (χ0n) is 18.9. The quantitative estimate of drug-likeness (QED) is 0.465. The molecule has 30 heavy (non-hydrogen) atoms. The Bertz CT molecular complexity index is 797. The van der Waals surface area contributed by atoms with Crippen molar-refractivity contribution in [2.24, 2.45) is 0 Å². The van der Waals surface area contributed by atoms with Crippen LogP contribution < -0.4 is 4.74 Å². The SMILES string of the molecule is CCCN(C)C[C@H](c1ccccc1)N(C)C(=O)C(CC)Oc1ccc(Cl)cc1CC. The number of nitrogens with zero attached hydrogens (tertiary/aromatic N) is 2. The molecule has 0 fully saturated rings. The molecule has 164 valence electrons. The fraction of sp³-hybridized carbons (Fsp3) is 0.480. The van der Waals surface area contributed by atoms with Crippen LogP contribution in [-0.4, -0.2) is 49.0 Å². The number of likely N-dealkylation sites (N-methyl/N-ethyl adjacent to an activating group) is 2. The first kappa shape index (κ1) is 24.2. The van der Waals surface area contributed by atoms with Crippen LogP contribution in [0.4, 0.5) is 0 Å². The van der Waals surface area contributed by atoms with Gasteiger partial charge in [-0.3, -0.25) is 4.79 Å². The third-order valence-electron chi connectivity index (χ3n) is 5.41. The molecule has 1 unspecified atom stereocenters. The molecule has 2 aromatic rings. The first-order valence-electron chi connectivity index (χ1n) is 10.9. The highest BCUT2D eigenvalue weighted by Crippen LogP contribution is 2.27. The van der Waals surface area contributed by atoms with Crippen molar-refractivity contribution >= 4 is 17.5 Å². The summed E-state index contributed by atoms with van der Waals surface area (Å²) in [6, 6.07) is 15.8. The van der Waals surface area contributed by atoms with Crippen LogP contribution >= 0.6 is 11.6 Å². The topological polar surface area (TPSA) is 32.8 Å². The molecule has 0 aliphatic rings. The smallest absolute Gasteiger partial charge is 0.263 e. The summed E-state index contributed by atoms with van der Waals surface area (Å²) >= 11 is 6.13. The van der Waals surface area contributed by atoms with E-state index in [2.05, 4.69) is 37.9 Å². The zero-order chi connectivity index (χ0) is 22.1. The van der Waals surface area contributed by atoms with Crippen LogP contribution in [0.2, 0.25) is 5.02 Å². The van der Waals surface area contributed by atoms with Crippen molar-refractivity contribution < 1.29 is 9.53 Å². The van der Waals surface area contributed by atoms with Gasteiger partial charge in [0.15, 0.2) is 6.10 Å². The molecule has 0 saturated carbocycles. The van der Waals surface area contributed by atoms with Crippen LogP contribution in [0, 0.1) is 0 Å². The second-order valence-electron chi connectivity index (χ2n) is 7.76. The molecule has 0 bridgehead atoms. The van der Waals surface area contributed by atoms with Crippen LogP contribution in [0.3, 0.4) is 0 Å². The molecule has 2 rings (SSSR count). The maximum absolute atomic E-state index is 13.5. The average molecular weight is 431 g/mol. The van der Waals surface area contributed by atoms with Crippen molar-refractivity contribution in [1.82, 2.24) is 9.80 Å². The fourth-order valence-electron chi connectivity index (χ4n) is 3.68. The lowest BCUT2D eigenvalue weighted by Gasteiger charge is -2.34. The third kappa shape index (κ3) is 6.48. The van der Waals surface area contributed by atoms with Gasteiger partial charge in [-0.05, 0) is 62.2 Å². The highest BCUT2D eigenvalue weighted by molar-refractivity contribution is 6.30. The number of carbonyl (C=O) groups is 1. The Balaban J connectivity index is 2.24. The normalized spacial score (nSPS) is 13.2. The van der Waals surface area contributed by atoms with Crippen LogP contribution in [0.1, 0.15) is 50.8 Å². The number of halogens is 1. The lowest BCUT2D eigenvalue weighted by Crippen LogP contribution is -2.44. The van der Waals surface area contributed by atoms with Crippen molar-refractivity contribution in [1.29, 1.82) is 0 Å². The van der Waals surface area contributed by atoms with Gasteiger partial charge >= 0.3 is 0 Å². The molecule has 5 heteroatoms. The summed E-state index contributed by atoms with van der Waals surface area (Å²) in [5.41, 5.74) is 2.14. The minimum absolute atomic E-state index is 0.00625. The molecular weight excluding hydrogens is 396 g/mol. The molecule has 0 aliphatic heterocycles. The van der Waals surface area contributed by atoms with E-state index in [4.69, 9.17) is 16.3 Å². The van der Waals surface area contributed by atoms with Crippen molar-refractivity contribution in [2.45, 2.75) is 52.2 Å². The summed E-state index contributed by atoms with van der Waals surface area (Å²) in [5, 5.41) is 0.679. The Morgan fingerprint density at radius 3 is 2.37 bits per heavy atom. The second-order valence-corrected chi connectivity index (χ2v) is 8.19. The molecule has 0 radical (unpaired) electrons. The van der Waals surface area contributed by atoms with Gasteiger partial charge in [0.05, 0.1) is 6.04 Å². The predicted octanol–water partition coefficient (Wildman–Crippen LogP) is 5.60. The molecule has 4 nitrogen and oxygen atoms in total. The number of carbonyl (C=O) groups excluding carboxylic acids is 1. The predicted molar refractivity (Wildman–Crippen MR) is 125 cm³/mol. The Labute approximate surface area is 186 Å². The maximum Gasteiger partial charge on any atom is 0.263 e. The summed E-state index contributed by atoms with van der Waals surface area (Å²) in [6.07, 6.45) is 1.93. The van der Waals surface area contributed by atoms with Crippen molar-refractivity contribution in [3.05, 3.63) is 64.7 Å². The molecule has 2 aromatic carbocycles. The number of hydrogen-bond donors (Lipinski definition) is 0. The van der Waals surface area contributed by atoms with Gasteiger partial charge in [-0.15, -0.1) is 0 Å². The Morgan fingerprint density at radius 2 is 1.77 bits per heavy atom. The fourth-order valence-corrected chi connectivity index (χ4v) is 3.87. The van der Waals surface area contributed by atoms with E-state index in [0.717, 1.165) is 42.8 Å². The largest absolute Gasteiger partial charge is 0.480 e. The van der Waals surface area contributed by atoms with Crippen LogP contribution in [0.5, 0.6) is 5.75 Å². The summed E-state index contributed by atoms with van der Waals surface area (Å²) in [6.45, 7) is 7.98. The molecule has 1 amide bonds. The lowest BCUT2D eigenvalue weighted by atomic mass is 10.0. The summed E-state index contributed by atoms with van der Waals surface area (Å²) in [7, 11) is 3.99. The number of ether oxygens (including phenoxy) is 1. The Morgan fingerprint density at radius 1 is 1.07 bits per heavy atom. The van der Waals surface area contributed by atoms with Gasteiger partial charge in [0, 0.05) is 18.6 Å². The highest BCUT2D eigenvalue weighted by atomic mass is 35.5. The van der Waals surface area contributed by atoms with Gasteiger partial charge in [0.1, 0.15) is 5.75 Å². The number of benzene rings is 2. The van der Waals surface area contributed by atoms with Gasteiger partial charge < -0.3 is 14.5 Å². The molecule has 0 aliphatic carbocycles. The minimum atomic E-state index is -0.538. The molecule has 0 heterocycles. The van der Waals surface area contributed by atoms with E-state index in [1.807, 2.05) is 55.3 Å². The summed E-state index contributed by atoms with van der Waals surface area (Å²) in [4.78, 5) is 17.6. The van der Waals surface area contributed by atoms with Crippen LogP contribution in [-0.2, 0) is 11.2 Å². The molecule has 2 atom stereocenters. The Kier molecular flexibility index (Phi) is 9.67. The summed E-state index contributed by atoms with van der Waals surface area (Å²) < 4.78 is 6.20. The number of rotatable bonds is 11. The van der Waals surface area contributed by atoms with Crippen molar-refractivity contribution in [2.75, 3.05) is 27.2 Å². The van der Waals surface area contributed by atoms with E-state index >= 15 is 0 Å². The molecule has 0 saturated heterocycles. The third-order valence-corrected chi connectivity index (χ3v) is 5.64. The van der Waals surface area contributed by atoms with E-state index in [1.165, 1.54) is 0 Å². The van der Waals surface area contributed by atoms with E-state index in [9.17, 15) is 4.79 Å². The van der Waals surface area contributed by atoms with E-state index < -0.39 is 6.10 Å². The number of hydrogen-bond acceptors (Lipinski definition) is 3. The van der Waals surface area contributed by atoms with Crippen molar-refractivity contribution in [3.8, 4) is 5.75 Å². The standard InChI is InChI=1S/C25H35ClN2O2/c1-6-16-27(4)18-22(20-12-10-9-11-13-20)28(5)25(29)23(8-3)30-24-15-14-21(26)17-19(24)7-2/h9-15,17,22-23H,6-8,16,18H2,1-5H3/t22-,23?/m1/s1. The van der Waals surface area contributed by atoms with Gasteiger partial charge in [0.25, 0.3) is 5.91 Å². The molecular formula is C25H35ClN2O2. The number of amides is 1. The van der Waals surface area contributed by atoms with Gasteiger partial charge in [-0.25, -0.2) is 0 Å². The first-order valence-corrected chi connectivity index (χ1v) is 11.2. The lowest BCUT2D eigenvalue weighted by molar-refractivity contribution is -0.140. The number of aryl methyl sites for hydroxylation is 1. The zero-order valence-corrected chi connectivity index (χ0v) is 19.7.